The average Bonchev–Trinajstić information content (AvgIpc) is 2.69. The molecule has 0 unspecified atom stereocenters. The molecule has 0 saturated heterocycles. The lowest BCUT2D eigenvalue weighted by Crippen LogP contribution is -1.90. The van der Waals surface area contributed by atoms with Gasteiger partial charge in [0, 0.05) is 32.5 Å². The van der Waals surface area contributed by atoms with Gasteiger partial charge in [-0.25, -0.2) is 9.97 Å². The van der Waals surface area contributed by atoms with Crippen LogP contribution < -0.4 is 0 Å². The van der Waals surface area contributed by atoms with Gasteiger partial charge in [-0.05, 0) is 28.8 Å². The van der Waals surface area contributed by atoms with Gasteiger partial charge >= 0.3 is 0 Å². The second kappa shape index (κ2) is 7.52. The van der Waals surface area contributed by atoms with E-state index in [0.29, 0.717) is 0 Å². The number of rotatable bonds is 3. The summed E-state index contributed by atoms with van der Waals surface area (Å²) in [5, 5.41) is 0. The lowest BCUT2D eigenvalue weighted by atomic mass is 10.0. The highest BCUT2D eigenvalue weighted by Gasteiger charge is 2.07. The van der Waals surface area contributed by atoms with Crippen molar-refractivity contribution in [2.45, 2.75) is 0 Å². The zero-order chi connectivity index (χ0) is 17.9. The molecule has 4 heteroatoms. The zero-order valence-electron chi connectivity index (χ0n) is 13.7. The van der Waals surface area contributed by atoms with E-state index in [-0.39, 0.29) is 0 Å². The van der Waals surface area contributed by atoms with Crippen molar-refractivity contribution in [2.75, 3.05) is 0 Å². The molecular formula is C22H14Br2N2. The minimum Gasteiger partial charge on any atom is -0.236 e. The highest BCUT2D eigenvalue weighted by atomic mass is 79.9. The predicted molar refractivity (Wildman–Crippen MR) is 114 cm³/mol. The van der Waals surface area contributed by atoms with E-state index in [1.54, 1.807) is 0 Å². The van der Waals surface area contributed by atoms with Crippen LogP contribution in [0.2, 0.25) is 0 Å². The number of benzene rings is 3. The van der Waals surface area contributed by atoms with Crippen LogP contribution in [0.4, 0.5) is 0 Å². The first-order valence-electron chi connectivity index (χ1n) is 8.14. The molecule has 0 aliphatic rings. The Morgan fingerprint density at radius 3 is 1.50 bits per heavy atom. The average molecular weight is 466 g/mol. The van der Waals surface area contributed by atoms with E-state index in [1.165, 1.54) is 5.56 Å². The SMILES string of the molecule is Brc1ccccc1-c1ccc(-c2ncc(-c3ccccc3Br)cn2)cc1. The monoisotopic (exact) mass is 464 g/mol. The lowest BCUT2D eigenvalue weighted by molar-refractivity contribution is 1.18. The molecule has 0 radical (unpaired) electrons. The molecule has 0 amide bonds. The van der Waals surface area contributed by atoms with Gasteiger partial charge in [-0.1, -0.05) is 92.5 Å². The van der Waals surface area contributed by atoms with Gasteiger partial charge in [-0.2, -0.15) is 0 Å². The Hall–Kier alpha value is -2.30. The normalized spacial score (nSPS) is 10.7. The van der Waals surface area contributed by atoms with E-state index in [9.17, 15) is 0 Å². The Morgan fingerprint density at radius 1 is 0.500 bits per heavy atom. The highest BCUT2D eigenvalue weighted by Crippen LogP contribution is 2.30. The van der Waals surface area contributed by atoms with Crippen LogP contribution in [0.1, 0.15) is 0 Å². The fourth-order valence-corrected chi connectivity index (χ4v) is 3.83. The minimum atomic E-state index is 0.722. The number of aromatic nitrogens is 2. The number of nitrogens with zero attached hydrogens (tertiary/aromatic N) is 2. The molecule has 2 nitrogen and oxygen atoms in total. The predicted octanol–water partition coefficient (Wildman–Crippen LogP) is 7.00. The van der Waals surface area contributed by atoms with Gasteiger partial charge in [0.2, 0.25) is 0 Å². The molecule has 26 heavy (non-hydrogen) atoms. The topological polar surface area (TPSA) is 25.8 Å². The van der Waals surface area contributed by atoms with E-state index in [1.807, 2.05) is 48.8 Å². The molecule has 0 saturated carbocycles. The molecule has 0 fully saturated rings. The van der Waals surface area contributed by atoms with Crippen molar-refractivity contribution in [1.82, 2.24) is 9.97 Å². The van der Waals surface area contributed by atoms with E-state index < -0.39 is 0 Å². The summed E-state index contributed by atoms with van der Waals surface area (Å²) in [7, 11) is 0. The van der Waals surface area contributed by atoms with Crippen LogP contribution in [0.25, 0.3) is 33.6 Å². The van der Waals surface area contributed by atoms with Crippen molar-refractivity contribution in [1.29, 1.82) is 0 Å². The smallest absolute Gasteiger partial charge is 0.159 e. The summed E-state index contributed by atoms with van der Waals surface area (Å²) in [4.78, 5) is 9.09. The van der Waals surface area contributed by atoms with Crippen LogP contribution in [-0.2, 0) is 0 Å². The highest BCUT2D eigenvalue weighted by molar-refractivity contribution is 9.11. The van der Waals surface area contributed by atoms with Crippen LogP contribution in [0.3, 0.4) is 0 Å². The van der Waals surface area contributed by atoms with Crippen LogP contribution >= 0.6 is 31.9 Å². The van der Waals surface area contributed by atoms with Gasteiger partial charge < -0.3 is 0 Å². The maximum atomic E-state index is 4.55. The molecule has 0 aliphatic heterocycles. The fraction of sp³-hybridized carbons (Fsp3) is 0. The summed E-state index contributed by atoms with van der Waals surface area (Å²) < 4.78 is 2.12. The van der Waals surface area contributed by atoms with Gasteiger partial charge in [-0.15, -0.1) is 0 Å². The van der Waals surface area contributed by atoms with Crippen molar-refractivity contribution in [3.63, 3.8) is 0 Å². The largest absolute Gasteiger partial charge is 0.236 e. The zero-order valence-corrected chi connectivity index (χ0v) is 16.9. The summed E-state index contributed by atoms with van der Waals surface area (Å²) in [5.41, 5.74) is 5.41. The van der Waals surface area contributed by atoms with Gasteiger partial charge in [-0.3, -0.25) is 0 Å². The molecule has 1 heterocycles. The third kappa shape index (κ3) is 3.48. The number of hydrogen-bond acceptors (Lipinski definition) is 2. The minimum absolute atomic E-state index is 0.722. The molecule has 0 aliphatic carbocycles. The molecule has 4 rings (SSSR count). The Balaban J connectivity index is 1.62. The van der Waals surface area contributed by atoms with Crippen LogP contribution in [0, 0.1) is 0 Å². The summed E-state index contributed by atoms with van der Waals surface area (Å²) >= 11 is 7.18. The van der Waals surface area contributed by atoms with Crippen LogP contribution in [-0.4, -0.2) is 9.97 Å². The molecule has 126 valence electrons. The van der Waals surface area contributed by atoms with E-state index >= 15 is 0 Å². The van der Waals surface area contributed by atoms with E-state index in [2.05, 4.69) is 78.2 Å². The molecule has 0 spiro atoms. The molecular weight excluding hydrogens is 452 g/mol. The third-order valence-corrected chi connectivity index (χ3v) is 5.55. The second-order valence-electron chi connectivity index (χ2n) is 5.83. The fourth-order valence-electron chi connectivity index (χ4n) is 2.81. The lowest BCUT2D eigenvalue weighted by Gasteiger charge is -2.07. The summed E-state index contributed by atoms with van der Waals surface area (Å²) in [6.45, 7) is 0. The van der Waals surface area contributed by atoms with Crippen molar-refractivity contribution < 1.29 is 0 Å². The standard InChI is InChI=1S/C22H14Br2N2/c23-20-7-3-1-5-18(20)15-9-11-16(12-10-15)22-25-13-17(14-26-22)19-6-2-4-8-21(19)24/h1-14H. The summed E-state index contributed by atoms with van der Waals surface area (Å²) in [6.07, 6.45) is 3.73. The summed E-state index contributed by atoms with van der Waals surface area (Å²) in [5.74, 6) is 0.722. The maximum Gasteiger partial charge on any atom is 0.159 e. The molecule has 1 aromatic heterocycles. The molecule has 0 atom stereocenters. The second-order valence-corrected chi connectivity index (χ2v) is 7.54. The van der Waals surface area contributed by atoms with Crippen molar-refractivity contribution in [3.05, 3.63) is 94.1 Å². The van der Waals surface area contributed by atoms with E-state index in [0.717, 1.165) is 37.0 Å². The number of hydrogen-bond donors (Lipinski definition) is 0. The first kappa shape index (κ1) is 17.1. The molecule has 0 bridgehead atoms. The van der Waals surface area contributed by atoms with Gasteiger partial charge in [0.25, 0.3) is 0 Å². The Morgan fingerprint density at radius 2 is 0.962 bits per heavy atom. The Bertz CT molecular complexity index is 955. The Labute approximate surface area is 169 Å². The third-order valence-electron chi connectivity index (χ3n) is 4.16. The summed E-state index contributed by atoms with van der Waals surface area (Å²) in [6, 6.07) is 24.6. The first-order chi connectivity index (χ1) is 12.7. The first-order valence-corrected chi connectivity index (χ1v) is 9.73. The maximum absolute atomic E-state index is 4.55. The van der Waals surface area contributed by atoms with Crippen molar-refractivity contribution >= 4 is 31.9 Å². The molecule has 3 aromatic carbocycles. The quantitative estimate of drug-likeness (QED) is 0.325. The van der Waals surface area contributed by atoms with Crippen molar-refractivity contribution in [2.24, 2.45) is 0 Å². The van der Waals surface area contributed by atoms with Gasteiger partial charge in [0.15, 0.2) is 5.82 Å². The van der Waals surface area contributed by atoms with E-state index in [4.69, 9.17) is 0 Å². The van der Waals surface area contributed by atoms with Gasteiger partial charge in [0.05, 0.1) is 0 Å². The number of halogens is 2. The molecule has 0 N–H and O–H groups in total. The van der Waals surface area contributed by atoms with Crippen molar-refractivity contribution in [3.8, 4) is 33.6 Å². The van der Waals surface area contributed by atoms with Crippen LogP contribution in [0.15, 0.2) is 94.1 Å². The van der Waals surface area contributed by atoms with Gasteiger partial charge in [0.1, 0.15) is 0 Å². The Kier molecular flexibility index (Phi) is 4.96. The van der Waals surface area contributed by atoms with Crippen LogP contribution in [0.5, 0.6) is 0 Å². The molecule has 4 aromatic rings.